The molecule has 134 valence electrons. The van der Waals surface area contributed by atoms with Crippen molar-refractivity contribution < 1.29 is 4.79 Å². The third-order valence-corrected chi connectivity index (χ3v) is 5.36. The SMILES string of the molecule is Cc1ccc([C@H]2CCCN2CC(=O)N2CCC(c3ccccc3)=N2)cc1. The molecule has 1 atom stereocenters. The molecule has 0 aliphatic carbocycles. The third kappa shape index (κ3) is 3.56. The fraction of sp³-hybridized carbons (Fsp3) is 0.364. The van der Waals surface area contributed by atoms with Gasteiger partial charge in [0.2, 0.25) is 0 Å². The second kappa shape index (κ2) is 7.42. The van der Waals surface area contributed by atoms with Crippen LogP contribution in [0.25, 0.3) is 0 Å². The van der Waals surface area contributed by atoms with Gasteiger partial charge in [0.1, 0.15) is 0 Å². The van der Waals surface area contributed by atoms with E-state index in [0.717, 1.165) is 37.1 Å². The Morgan fingerprint density at radius 2 is 1.85 bits per heavy atom. The molecule has 2 heterocycles. The average Bonchev–Trinajstić information content (AvgIpc) is 3.33. The van der Waals surface area contributed by atoms with Gasteiger partial charge in [-0.05, 0) is 37.4 Å². The predicted octanol–water partition coefficient (Wildman–Crippen LogP) is 3.77. The summed E-state index contributed by atoms with van der Waals surface area (Å²) >= 11 is 0. The molecule has 4 rings (SSSR count). The third-order valence-electron chi connectivity index (χ3n) is 5.36. The smallest absolute Gasteiger partial charge is 0.256 e. The molecule has 0 saturated carbocycles. The molecule has 0 unspecified atom stereocenters. The van der Waals surface area contributed by atoms with E-state index in [-0.39, 0.29) is 5.91 Å². The Morgan fingerprint density at radius 3 is 2.62 bits per heavy atom. The lowest BCUT2D eigenvalue weighted by Crippen LogP contribution is -2.36. The summed E-state index contributed by atoms with van der Waals surface area (Å²) in [6.07, 6.45) is 3.09. The minimum absolute atomic E-state index is 0.106. The molecule has 2 aromatic rings. The van der Waals surface area contributed by atoms with Gasteiger partial charge < -0.3 is 0 Å². The van der Waals surface area contributed by atoms with Crippen molar-refractivity contribution in [2.75, 3.05) is 19.6 Å². The van der Waals surface area contributed by atoms with Gasteiger partial charge in [-0.2, -0.15) is 5.10 Å². The Kier molecular flexibility index (Phi) is 4.85. The first-order chi connectivity index (χ1) is 12.7. The van der Waals surface area contributed by atoms with Gasteiger partial charge in [0.05, 0.1) is 18.8 Å². The van der Waals surface area contributed by atoms with E-state index in [2.05, 4.69) is 53.3 Å². The molecule has 0 spiro atoms. The van der Waals surface area contributed by atoms with Gasteiger partial charge in [-0.3, -0.25) is 9.69 Å². The molecule has 0 aromatic heterocycles. The first-order valence-corrected chi connectivity index (χ1v) is 9.44. The molecule has 1 fully saturated rings. The van der Waals surface area contributed by atoms with E-state index in [0.29, 0.717) is 19.1 Å². The molecule has 0 N–H and O–H groups in total. The summed E-state index contributed by atoms with van der Waals surface area (Å²) in [4.78, 5) is 15.1. The molecule has 0 bridgehead atoms. The molecule has 26 heavy (non-hydrogen) atoms. The number of carbonyl (C=O) groups is 1. The molecule has 4 heteroatoms. The second-order valence-corrected chi connectivity index (χ2v) is 7.22. The van der Waals surface area contributed by atoms with Gasteiger partial charge in [-0.25, -0.2) is 5.01 Å². The Bertz CT molecular complexity index is 798. The summed E-state index contributed by atoms with van der Waals surface area (Å²) in [5.74, 6) is 0.106. The number of amides is 1. The monoisotopic (exact) mass is 347 g/mol. The number of carbonyl (C=O) groups excluding carboxylic acids is 1. The number of aryl methyl sites for hydroxylation is 1. The molecule has 2 aliphatic rings. The van der Waals surface area contributed by atoms with E-state index in [9.17, 15) is 4.79 Å². The highest BCUT2D eigenvalue weighted by Crippen LogP contribution is 2.32. The van der Waals surface area contributed by atoms with E-state index in [1.165, 1.54) is 11.1 Å². The standard InChI is InChI=1S/C22H25N3O/c1-17-9-11-19(12-10-17)21-8-5-14-24(21)16-22(26)25-15-13-20(23-25)18-6-3-2-4-7-18/h2-4,6-7,9-12,21H,5,8,13-16H2,1H3/t21-/m1/s1. The van der Waals surface area contributed by atoms with Crippen LogP contribution in [0.15, 0.2) is 59.7 Å². The summed E-state index contributed by atoms with van der Waals surface area (Å²) in [7, 11) is 0. The van der Waals surface area contributed by atoms with Crippen LogP contribution < -0.4 is 0 Å². The van der Waals surface area contributed by atoms with Gasteiger partial charge in [0.15, 0.2) is 0 Å². The van der Waals surface area contributed by atoms with E-state index >= 15 is 0 Å². The van der Waals surface area contributed by atoms with Crippen LogP contribution in [0.2, 0.25) is 0 Å². The highest BCUT2D eigenvalue weighted by atomic mass is 16.2. The van der Waals surface area contributed by atoms with Crippen molar-refractivity contribution in [3.05, 3.63) is 71.3 Å². The predicted molar refractivity (Wildman–Crippen MR) is 104 cm³/mol. The number of hydrogen-bond acceptors (Lipinski definition) is 3. The summed E-state index contributed by atoms with van der Waals surface area (Å²) in [6, 6.07) is 19.2. The fourth-order valence-corrected chi connectivity index (χ4v) is 3.91. The van der Waals surface area contributed by atoms with Crippen molar-refractivity contribution in [1.82, 2.24) is 9.91 Å². The lowest BCUT2D eigenvalue weighted by atomic mass is 10.0. The average molecular weight is 347 g/mol. The minimum Gasteiger partial charge on any atom is -0.287 e. The van der Waals surface area contributed by atoms with Crippen molar-refractivity contribution >= 4 is 11.6 Å². The maximum absolute atomic E-state index is 12.8. The lowest BCUT2D eigenvalue weighted by Gasteiger charge is -2.25. The zero-order valence-electron chi connectivity index (χ0n) is 15.3. The molecule has 0 radical (unpaired) electrons. The van der Waals surface area contributed by atoms with Crippen LogP contribution in [0.1, 0.15) is 42.0 Å². The second-order valence-electron chi connectivity index (χ2n) is 7.22. The highest BCUT2D eigenvalue weighted by Gasteiger charge is 2.30. The molecule has 2 aliphatic heterocycles. The van der Waals surface area contributed by atoms with Crippen LogP contribution in [0.4, 0.5) is 0 Å². The van der Waals surface area contributed by atoms with Crippen LogP contribution in [0, 0.1) is 6.92 Å². The molecular weight excluding hydrogens is 322 g/mol. The Balaban J connectivity index is 1.43. The Morgan fingerprint density at radius 1 is 1.08 bits per heavy atom. The van der Waals surface area contributed by atoms with Crippen LogP contribution in [0.3, 0.4) is 0 Å². The Hall–Kier alpha value is -2.46. The highest BCUT2D eigenvalue weighted by molar-refractivity contribution is 6.02. The van der Waals surface area contributed by atoms with Gasteiger partial charge in [0, 0.05) is 12.5 Å². The minimum atomic E-state index is 0.106. The molecular formula is C22H25N3O. The number of rotatable bonds is 4. The van der Waals surface area contributed by atoms with E-state index in [4.69, 9.17) is 0 Å². The summed E-state index contributed by atoms with van der Waals surface area (Å²) in [5, 5.41) is 6.24. The number of hydrazone groups is 1. The zero-order chi connectivity index (χ0) is 17.9. The summed E-state index contributed by atoms with van der Waals surface area (Å²) < 4.78 is 0. The van der Waals surface area contributed by atoms with E-state index in [1.807, 2.05) is 18.2 Å². The van der Waals surface area contributed by atoms with Crippen molar-refractivity contribution in [2.24, 2.45) is 5.10 Å². The van der Waals surface area contributed by atoms with Crippen molar-refractivity contribution in [3.8, 4) is 0 Å². The van der Waals surface area contributed by atoms with Crippen LogP contribution in [0.5, 0.6) is 0 Å². The van der Waals surface area contributed by atoms with Crippen molar-refractivity contribution in [1.29, 1.82) is 0 Å². The number of benzene rings is 2. The molecule has 4 nitrogen and oxygen atoms in total. The van der Waals surface area contributed by atoms with E-state index in [1.54, 1.807) is 5.01 Å². The van der Waals surface area contributed by atoms with Crippen molar-refractivity contribution in [3.63, 3.8) is 0 Å². The number of nitrogens with zero attached hydrogens (tertiary/aromatic N) is 3. The van der Waals surface area contributed by atoms with Gasteiger partial charge >= 0.3 is 0 Å². The molecule has 1 saturated heterocycles. The van der Waals surface area contributed by atoms with Crippen LogP contribution in [-0.4, -0.2) is 41.2 Å². The molecule has 2 aromatic carbocycles. The summed E-state index contributed by atoms with van der Waals surface area (Å²) in [5.41, 5.74) is 4.71. The van der Waals surface area contributed by atoms with Gasteiger partial charge in [-0.15, -0.1) is 0 Å². The van der Waals surface area contributed by atoms with Gasteiger partial charge in [-0.1, -0.05) is 60.2 Å². The fourth-order valence-electron chi connectivity index (χ4n) is 3.91. The van der Waals surface area contributed by atoms with Gasteiger partial charge in [0.25, 0.3) is 5.91 Å². The first kappa shape index (κ1) is 17.0. The largest absolute Gasteiger partial charge is 0.287 e. The molecule has 1 amide bonds. The normalized spacial score (nSPS) is 20.4. The quantitative estimate of drug-likeness (QED) is 0.844. The van der Waals surface area contributed by atoms with E-state index < -0.39 is 0 Å². The van der Waals surface area contributed by atoms with Crippen LogP contribution >= 0.6 is 0 Å². The lowest BCUT2D eigenvalue weighted by molar-refractivity contribution is -0.132. The maximum Gasteiger partial charge on any atom is 0.256 e. The Labute approximate surface area is 155 Å². The topological polar surface area (TPSA) is 35.9 Å². The zero-order valence-corrected chi connectivity index (χ0v) is 15.3. The van der Waals surface area contributed by atoms with Crippen LogP contribution in [-0.2, 0) is 4.79 Å². The number of hydrogen-bond donors (Lipinski definition) is 0. The maximum atomic E-state index is 12.8. The number of likely N-dealkylation sites (tertiary alicyclic amines) is 1. The van der Waals surface area contributed by atoms with Crippen molar-refractivity contribution in [2.45, 2.75) is 32.2 Å². The first-order valence-electron chi connectivity index (χ1n) is 9.44. The summed E-state index contributed by atoms with van der Waals surface area (Å²) in [6.45, 7) is 4.22.